The van der Waals surface area contributed by atoms with Crippen molar-refractivity contribution in [3.8, 4) is 0 Å². The molecule has 1 amide bonds. The lowest BCUT2D eigenvalue weighted by Gasteiger charge is -2.20. The Morgan fingerprint density at radius 2 is 1.70 bits per heavy atom. The molecule has 2 heterocycles. The summed E-state index contributed by atoms with van der Waals surface area (Å²) in [7, 11) is 0. The Balaban J connectivity index is 1.66. The van der Waals surface area contributed by atoms with Crippen molar-refractivity contribution in [1.29, 1.82) is 0 Å². The van der Waals surface area contributed by atoms with Gasteiger partial charge in [-0.3, -0.25) is 9.59 Å². The number of halogens is 1. The number of carbonyl (C=O) groups is 1. The molecule has 1 aliphatic heterocycles. The van der Waals surface area contributed by atoms with Crippen molar-refractivity contribution in [2.45, 2.75) is 19.3 Å². The van der Waals surface area contributed by atoms with Crippen LogP contribution < -0.4 is 15.9 Å². The first kappa shape index (κ1) is 17.5. The van der Waals surface area contributed by atoms with E-state index in [9.17, 15) is 9.59 Å². The summed E-state index contributed by atoms with van der Waals surface area (Å²) in [6, 6.07) is 14.4. The van der Waals surface area contributed by atoms with Crippen LogP contribution in [0.1, 0.15) is 18.4 Å². The molecular weight excluding hydrogens is 364 g/mol. The first-order chi connectivity index (χ1) is 13.1. The molecule has 0 bridgehead atoms. The van der Waals surface area contributed by atoms with Crippen LogP contribution in [0.15, 0.2) is 53.3 Å². The maximum Gasteiger partial charge on any atom is 0.294 e. The van der Waals surface area contributed by atoms with Gasteiger partial charge in [0.25, 0.3) is 5.56 Å². The van der Waals surface area contributed by atoms with E-state index >= 15 is 0 Å². The number of anilines is 1. The number of hydrogen-bond donors (Lipinski definition) is 1. The Morgan fingerprint density at radius 3 is 2.41 bits per heavy atom. The van der Waals surface area contributed by atoms with E-state index in [1.807, 2.05) is 18.2 Å². The largest absolute Gasteiger partial charge is 0.355 e. The standard InChI is InChI=1S/C20H19ClN4O2/c21-15-9-7-14(8-10-15)13-18(26)22-25-20(27)17-6-2-1-5-16(17)19(23-25)24-11-3-4-12-24/h1-2,5-10H,3-4,11-13H2,(H,22,26). The van der Waals surface area contributed by atoms with E-state index in [4.69, 9.17) is 11.6 Å². The van der Waals surface area contributed by atoms with Gasteiger partial charge in [-0.1, -0.05) is 41.9 Å². The molecule has 0 spiro atoms. The summed E-state index contributed by atoms with van der Waals surface area (Å²) >= 11 is 5.87. The summed E-state index contributed by atoms with van der Waals surface area (Å²) in [6.45, 7) is 1.79. The zero-order chi connectivity index (χ0) is 18.8. The Bertz CT molecular complexity index is 1040. The Kier molecular flexibility index (Phi) is 4.81. The second kappa shape index (κ2) is 7.40. The zero-order valence-electron chi connectivity index (χ0n) is 14.7. The highest BCUT2D eigenvalue weighted by Gasteiger charge is 2.19. The monoisotopic (exact) mass is 382 g/mol. The number of aromatic nitrogens is 2. The second-order valence-corrected chi connectivity index (χ2v) is 7.05. The van der Waals surface area contributed by atoms with E-state index in [1.54, 1.807) is 30.3 Å². The summed E-state index contributed by atoms with van der Waals surface area (Å²) < 4.78 is 0. The molecule has 27 heavy (non-hydrogen) atoms. The topological polar surface area (TPSA) is 67.2 Å². The molecule has 3 aromatic rings. The van der Waals surface area contributed by atoms with Gasteiger partial charge < -0.3 is 4.90 Å². The highest BCUT2D eigenvalue weighted by atomic mass is 35.5. The molecule has 1 saturated heterocycles. The smallest absolute Gasteiger partial charge is 0.294 e. The van der Waals surface area contributed by atoms with Crippen molar-refractivity contribution in [2.75, 3.05) is 23.4 Å². The number of fused-ring (bicyclic) bond motifs is 1. The molecule has 0 aliphatic carbocycles. The van der Waals surface area contributed by atoms with Gasteiger partial charge in [-0.15, -0.1) is 9.89 Å². The van der Waals surface area contributed by atoms with Crippen molar-refractivity contribution in [1.82, 2.24) is 9.89 Å². The second-order valence-electron chi connectivity index (χ2n) is 6.62. The van der Waals surface area contributed by atoms with Crippen molar-refractivity contribution >= 4 is 34.1 Å². The van der Waals surface area contributed by atoms with Crippen LogP contribution in [0.4, 0.5) is 5.82 Å². The van der Waals surface area contributed by atoms with Crippen LogP contribution in [0.5, 0.6) is 0 Å². The molecule has 0 unspecified atom stereocenters. The fourth-order valence-corrected chi connectivity index (χ4v) is 3.48. The lowest BCUT2D eigenvalue weighted by molar-refractivity contribution is -0.116. The van der Waals surface area contributed by atoms with Gasteiger partial charge in [0, 0.05) is 23.5 Å². The highest BCUT2D eigenvalue weighted by Crippen LogP contribution is 2.24. The fourth-order valence-electron chi connectivity index (χ4n) is 3.36. The minimum Gasteiger partial charge on any atom is -0.355 e. The van der Waals surface area contributed by atoms with Crippen LogP contribution in [0.2, 0.25) is 5.02 Å². The van der Waals surface area contributed by atoms with E-state index in [-0.39, 0.29) is 17.9 Å². The van der Waals surface area contributed by atoms with Crippen LogP contribution in [-0.4, -0.2) is 28.9 Å². The molecule has 6 nitrogen and oxygen atoms in total. The Labute approximate surface area is 161 Å². The number of amides is 1. The van der Waals surface area contributed by atoms with Gasteiger partial charge in [-0.2, -0.15) is 0 Å². The first-order valence-electron chi connectivity index (χ1n) is 8.93. The van der Waals surface area contributed by atoms with Crippen molar-refractivity contribution in [3.63, 3.8) is 0 Å². The number of benzene rings is 2. The molecular formula is C20H19ClN4O2. The van der Waals surface area contributed by atoms with Crippen molar-refractivity contribution < 1.29 is 4.79 Å². The van der Waals surface area contributed by atoms with Crippen molar-refractivity contribution in [3.05, 3.63) is 69.5 Å². The lowest BCUT2D eigenvalue weighted by atomic mass is 10.1. The minimum absolute atomic E-state index is 0.136. The van der Waals surface area contributed by atoms with E-state index < -0.39 is 0 Å². The quantitative estimate of drug-likeness (QED) is 0.753. The number of nitrogens with one attached hydrogen (secondary N) is 1. The maximum atomic E-state index is 12.8. The zero-order valence-corrected chi connectivity index (χ0v) is 15.4. The molecule has 4 rings (SSSR count). The van der Waals surface area contributed by atoms with Gasteiger partial charge in [-0.05, 0) is 36.6 Å². The molecule has 0 atom stereocenters. The van der Waals surface area contributed by atoms with E-state index in [0.29, 0.717) is 10.4 Å². The highest BCUT2D eigenvalue weighted by molar-refractivity contribution is 6.30. The molecule has 7 heteroatoms. The molecule has 0 saturated carbocycles. The molecule has 1 N–H and O–H groups in total. The summed E-state index contributed by atoms with van der Waals surface area (Å²) in [5.74, 6) is 0.420. The lowest BCUT2D eigenvalue weighted by Crippen LogP contribution is -2.37. The van der Waals surface area contributed by atoms with Gasteiger partial charge >= 0.3 is 0 Å². The predicted molar refractivity (Wildman–Crippen MR) is 107 cm³/mol. The minimum atomic E-state index is -0.335. The van der Waals surface area contributed by atoms with E-state index in [2.05, 4.69) is 15.4 Å². The summed E-state index contributed by atoms with van der Waals surface area (Å²) in [6.07, 6.45) is 2.33. The van der Waals surface area contributed by atoms with Crippen LogP contribution >= 0.6 is 11.6 Å². The molecule has 2 aromatic carbocycles. The third-order valence-electron chi connectivity index (χ3n) is 4.70. The fraction of sp³-hybridized carbons (Fsp3) is 0.250. The normalized spacial score (nSPS) is 13.9. The number of hydrogen-bond acceptors (Lipinski definition) is 4. The third-order valence-corrected chi connectivity index (χ3v) is 4.95. The van der Waals surface area contributed by atoms with Crippen LogP contribution in [0.25, 0.3) is 10.8 Å². The molecule has 138 valence electrons. The average Bonchev–Trinajstić information content (AvgIpc) is 3.20. The molecule has 1 aromatic heterocycles. The Morgan fingerprint density at radius 1 is 1.04 bits per heavy atom. The van der Waals surface area contributed by atoms with Gasteiger partial charge in [0.2, 0.25) is 5.91 Å². The average molecular weight is 383 g/mol. The van der Waals surface area contributed by atoms with Crippen LogP contribution in [-0.2, 0) is 11.2 Å². The molecule has 1 fully saturated rings. The van der Waals surface area contributed by atoms with Gasteiger partial charge in [-0.25, -0.2) is 5.43 Å². The Hall–Kier alpha value is -2.86. The predicted octanol–water partition coefficient (Wildman–Crippen LogP) is 2.96. The third kappa shape index (κ3) is 3.66. The number of nitrogens with zero attached hydrogens (tertiary/aromatic N) is 3. The number of rotatable bonds is 4. The molecule has 0 radical (unpaired) electrons. The van der Waals surface area contributed by atoms with Gasteiger partial charge in [0.1, 0.15) is 0 Å². The number of carbonyl (C=O) groups excluding carboxylic acids is 1. The van der Waals surface area contributed by atoms with Crippen LogP contribution in [0, 0.1) is 0 Å². The van der Waals surface area contributed by atoms with E-state index in [1.165, 1.54) is 0 Å². The SMILES string of the molecule is O=C(Cc1ccc(Cl)cc1)Nn1nc(N2CCCC2)c2ccccc2c1=O. The first-order valence-corrected chi connectivity index (χ1v) is 9.31. The van der Waals surface area contributed by atoms with Gasteiger partial charge in [0.15, 0.2) is 5.82 Å². The van der Waals surface area contributed by atoms with E-state index in [0.717, 1.165) is 47.5 Å². The van der Waals surface area contributed by atoms with Gasteiger partial charge in [0.05, 0.1) is 11.8 Å². The summed E-state index contributed by atoms with van der Waals surface area (Å²) in [5, 5.41) is 6.42. The maximum absolute atomic E-state index is 12.8. The van der Waals surface area contributed by atoms with Crippen LogP contribution in [0.3, 0.4) is 0 Å². The van der Waals surface area contributed by atoms with Crippen molar-refractivity contribution in [2.24, 2.45) is 0 Å². The summed E-state index contributed by atoms with van der Waals surface area (Å²) in [5.41, 5.74) is 3.10. The summed E-state index contributed by atoms with van der Waals surface area (Å²) in [4.78, 5) is 28.4. The molecule has 1 aliphatic rings.